The summed E-state index contributed by atoms with van der Waals surface area (Å²) in [6, 6.07) is 6.18. The third kappa shape index (κ3) is 4.59. The predicted octanol–water partition coefficient (Wildman–Crippen LogP) is 3.12. The summed E-state index contributed by atoms with van der Waals surface area (Å²) in [7, 11) is 0. The van der Waals surface area contributed by atoms with E-state index in [9.17, 15) is 19.7 Å². The number of nitro benzene ring substituents is 1. The van der Waals surface area contributed by atoms with Gasteiger partial charge in [0.05, 0.1) is 22.2 Å². The topological polar surface area (TPSA) is 105 Å². The van der Waals surface area contributed by atoms with Crippen LogP contribution < -0.4 is 10.6 Å². The molecule has 2 rings (SSSR count). The summed E-state index contributed by atoms with van der Waals surface area (Å²) >= 11 is 3.38. The number of nitrogens with one attached hydrogen (secondary N) is 2. The lowest BCUT2D eigenvalue weighted by atomic mass is 9.86. The van der Waals surface area contributed by atoms with E-state index in [-0.39, 0.29) is 5.69 Å². The fourth-order valence-electron chi connectivity index (χ4n) is 3.32. The summed E-state index contributed by atoms with van der Waals surface area (Å²) in [4.78, 5) is 35.3. The first kappa shape index (κ1) is 21.6. The number of amides is 2. The largest absolute Gasteiger partial charge is 0.360 e. The minimum atomic E-state index is -0.459. The molecule has 1 heterocycles. The fourth-order valence-corrected chi connectivity index (χ4v) is 3.57. The average molecular weight is 451 g/mol. The van der Waals surface area contributed by atoms with Crippen LogP contribution in [0.25, 0.3) is 0 Å². The maximum Gasteiger partial charge on any atom is 0.269 e. The Labute approximate surface area is 171 Å². The number of hydrogen-bond acceptors (Lipinski definition) is 5. The molecule has 8 nitrogen and oxygen atoms in total. The molecule has 1 aliphatic rings. The van der Waals surface area contributed by atoms with Crippen molar-refractivity contribution in [2.75, 3.05) is 11.9 Å². The van der Waals surface area contributed by atoms with Gasteiger partial charge in [-0.15, -0.1) is 0 Å². The number of carbonyl (C=O) groups is 2. The number of alkyl halides is 1. The number of nitro groups is 1. The van der Waals surface area contributed by atoms with Gasteiger partial charge in [-0.1, -0.05) is 35.0 Å². The Kier molecular flexibility index (Phi) is 7.74. The van der Waals surface area contributed by atoms with Gasteiger partial charge in [0, 0.05) is 35.4 Å². The van der Waals surface area contributed by atoms with Crippen LogP contribution >= 0.6 is 15.9 Å². The molecule has 2 amide bonds. The Hall–Kier alpha value is -2.68. The van der Waals surface area contributed by atoms with Gasteiger partial charge in [0.25, 0.3) is 5.69 Å². The molecule has 0 fully saturated rings. The maximum absolute atomic E-state index is 11.9. The van der Waals surface area contributed by atoms with Crippen molar-refractivity contribution in [1.82, 2.24) is 15.5 Å². The van der Waals surface area contributed by atoms with Crippen molar-refractivity contribution >= 4 is 34.4 Å². The molecule has 0 aromatic heterocycles. The molecular weight excluding hydrogens is 428 g/mol. The number of benzene rings is 1. The molecule has 0 saturated carbocycles. The Balaban J connectivity index is 2.62. The van der Waals surface area contributed by atoms with E-state index >= 15 is 0 Å². The molecule has 1 aliphatic heterocycles. The number of rotatable bonds is 10. The average Bonchev–Trinajstić information content (AvgIpc) is 2.70. The van der Waals surface area contributed by atoms with Gasteiger partial charge in [-0.3, -0.25) is 19.7 Å². The lowest BCUT2D eigenvalue weighted by Crippen LogP contribution is -2.38. The zero-order valence-electron chi connectivity index (χ0n) is 15.8. The number of allylic oxidation sites excluding steroid dienone is 2. The summed E-state index contributed by atoms with van der Waals surface area (Å²) < 4.78 is 0. The van der Waals surface area contributed by atoms with E-state index in [1.54, 1.807) is 17.0 Å². The zero-order chi connectivity index (χ0) is 20.7. The first-order valence-electron chi connectivity index (χ1n) is 8.91. The van der Waals surface area contributed by atoms with Crippen LogP contribution in [0.3, 0.4) is 0 Å². The summed E-state index contributed by atoms with van der Waals surface area (Å²) in [5.74, 6) is -0.428. The molecule has 0 aliphatic carbocycles. The molecule has 0 bridgehead atoms. The van der Waals surface area contributed by atoms with Crippen LogP contribution in [-0.4, -0.2) is 34.5 Å². The number of halogens is 1. The lowest BCUT2D eigenvalue weighted by molar-refractivity contribution is -0.384. The summed E-state index contributed by atoms with van der Waals surface area (Å²) in [6.45, 7) is 4.33. The molecule has 9 heteroatoms. The van der Waals surface area contributed by atoms with Gasteiger partial charge in [0.15, 0.2) is 0 Å². The molecule has 1 aromatic carbocycles. The summed E-state index contributed by atoms with van der Waals surface area (Å²) in [6.07, 6.45) is 2.79. The molecule has 28 heavy (non-hydrogen) atoms. The van der Waals surface area contributed by atoms with Crippen molar-refractivity contribution in [2.24, 2.45) is 0 Å². The number of carbonyl (C=O) groups excluding carboxylic acids is 2. The molecule has 0 saturated heterocycles. The van der Waals surface area contributed by atoms with E-state index in [1.165, 1.54) is 12.1 Å². The molecule has 0 radical (unpaired) electrons. The molecule has 1 unspecified atom stereocenters. The molecule has 1 atom stereocenters. The van der Waals surface area contributed by atoms with Crippen molar-refractivity contribution < 1.29 is 14.5 Å². The van der Waals surface area contributed by atoms with Crippen molar-refractivity contribution in [3.63, 3.8) is 0 Å². The van der Waals surface area contributed by atoms with E-state index in [0.717, 1.165) is 40.8 Å². The highest BCUT2D eigenvalue weighted by Gasteiger charge is 2.33. The van der Waals surface area contributed by atoms with Gasteiger partial charge in [-0.25, -0.2) is 0 Å². The summed E-state index contributed by atoms with van der Waals surface area (Å²) in [5.41, 5.74) is 3.73. The van der Waals surface area contributed by atoms with Crippen molar-refractivity contribution in [3.8, 4) is 0 Å². The quantitative estimate of drug-likeness (QED) is 0.246. The monoisotopic (exact) mass is 450 g/mol. The molecule has 150 valence electrons. The second kappa shape index (κ2) is 10.0. The second-order valence-electron chi connectivity index (χ2n) is 6.27. The Bertz CT molecular complexity index is 805. The van der Waals surface area contributed by atoms with E-state index in [1.807, 2.05) is 13.8 Å². The number of dihydropyridines is 1. The third-order valence-electron chi connectivity index (χ3n) is 4.59. The van der Waals surface area contributed by atoms with Gasteiger partial charge in [-0.05, 0) is 25.3 Å². The summed E-state index contributed by atoms with van der Waals surface area (Å²) in [5, 5.41) is 17.8. The van der Waals surface area contributed by atoms with E-state index in [4.69, 9.17) is 0 Å². The molecule has 0 spiro atoms. The third-order valence-corrected chi connectivity index (χ3v) is 5.15. The van der Waals surface area contributed by atoms with Crippen LogP contribution in [0, 0.1) is 10.1 Å². The van der Waals surface area contributed by atoms with Gasteiger partial charge < -0.3 is 15.5 Å². The fraction of sp³-hybridized carbons (Fsp3) is 0.368. The van der Waals surface area contributed by atoms with Gasteiger partial charge in [0.1, 0.15) is 0 Å². The first-order valence-corrected chi connectivity index (χ1v) is 10.0. The Morgan fingerprint density at radius 3 is 2.50 bits per heavy atom. The SMILES string of the molecule is CCC1=C(N(C=O)CCCBr)C(c2ccc([N+](=O)[O-])cc2)C(NC=O)=C(C)N1. The van der Waals surface area contributed by atoms with Crippen LogP contribution in [0.1, 0.15) is 38.2 Å². The van der Waals surface area contributed by atoms with E-state index in [0.29, 0.717) is 25.1 Å². The van der Waals surface area contributed by atoms with Crippen molar-refractivity contribution in [3.05, 3.63) is 62.7 Å². The molecule has 1 aromatic rings. The number of hydrogen-bond donors (Lipinski definition) is 2. The van der Waals surface area contributed by atoms with Crippen molar-refractivity contribution in [1.29, 1.82) is 0 Å². The predicted molar refractivity (Wildman–Crippen MR) is 109 cm³/mol. The van der Waals surface area contributed by atoms with Crippen LogP contribution in [0.5, 0.6) is 0 Å². The standard InChI is InChI=1S/C19H23BrN4O4/c1-3-16-19(23(12-26)10-4-9-20)17(18(21-11-25)13(2)22-16)14-5-7-15(8-6-14)24(27)28/h5-8,11-12,17,22H,3-4,9-10H2,1-2H3,(H,21,25). The zero-order valence-corrected chi connectivity index (χ0v) is 17.4. The minimum Gasteiger partial charge on any atom is -0.360 e. The van der Waals surface area contributed by atoms with Crippen molar-refractivity contribution in [2.45, 2.75) is 32.6 Å². The molecular formula is C19H23BrN4O4. The molecule has 2 N–H and O–H groups in total. The van der Waals surface area contributed by atoms with Crippen LogP contribution in [-0.2, 0) is 9.59 Å². The normalized spacial score (nSPS) is 16.5. The van der Waals surface area contributed by atoms with Gasteiger partial charge in [0.2, 0.25) is 12.8 Å². The van der Waals surface area contributed by atoms with E-state index in [2.05, 4.69) is 26.6 Å². The van der Waals surface area contributed by atoms with Crippen LogP contribution in [0.15, 0.2) is 47.1 Å². The highest BCUT2D eigenvalue weighted by Crippen LogP contribution is 2.39. The highest BCUT2D eigenvalue weighted by atomic mass is 79.9. The maximum atomic E-state index is 11.9. The Morgan fingerprint density at radius 2 is 2.00 bits per heavy atom. The van der Waals surface area contributed by atoms with Gasteiger partial charge in [-0.2, -0.15) is 0 Å². The first-order chi connectivity index (χ1) is 13.5. The number of nitrogens with zero attached hydrogens (tertiary/aromatic N) is 2. The van der Waals surface area contributed by atoms with Crippen LogP contribution in [0.4, 0.5) is 5.69 Å². The lowest BCUT2D eigenvalue weighted by Gasteiger charge is -2.37. The Morgan fingerprint density at radius 1 is 1.32 bits per heavy atom. The van der Waals surface area contributed by atoms with Gasteiger partial charge >= 0.3 is 0 Å². The highest BCUT2D eigenvalue weighted by molar-refractivity contribution is 9.09. The minimum absolute atomic E-state index is 0.0175. The van der Waals surface area contributed by atoms with E-state index < -0.39 is 10.8 Å². The van der Waals surface area contributed by atoms with Crippen LogP contribution in [0.2, 0.25) is 0 Å². The smallest absolute Gasteiger partial charge is 0.269 e. The second-order valence-corrected chi connectivity index (χ2v) is 7.06. The number of non-ortho nitro benzene ring substituents is 1.